The molecular weight excluding hydrogens is 965 g/mol. The maximum Gasteiger partial charge on any atom is 0.339 e. The highest BCUT2D eigenvalue weighted by molar-refractivity contribution is 6.08. The summed E-state index contributed by atoms with van der Waals surface area (Å²) in [5.41, 5.74) is 11.1. The second-order valence-corrected chi connectivity index (χ2v) is 21.4. The lowest BCUT2D eigenvalue weighted by Crippen LogP contribution is -2.27. The van der Waals surface area contributed by atoms with Gasteiger partial charge in [0.1, 0.15) is 26.4 Å². The van der Waals surface area contributed by atoms with E-state index in [2.05, 4.69) is 52.0 Å². The van der Waals surface area contributed by atoms with Crippen LogP contribution in [0.4, 0.5) is 0 Å². The normalized spacial score (nSPS) is 14.6. The highest BCUT2D eigenvalue weighted by atomic mass is 16.5. The molecule has 12 nitrogen and oxygen atoms in total. The lowest BCUT2D eigenvalue weighted by Gasteiger charge is -2.30. The van der Waals surface area contributed by atoms with Crippen molar-refractivity contribution in [1.29, 1.82) is 0 Å². The maximum atomic E-state index is 14.0. The van der Waals surface area contributed by atoms with Gasteiger partial charge in [0.15, 0.2) is 0 Å². The Morgan fingerprint density at radius 3 is 0.805 bits per heavy atom. The number of carbonyl (C=O) groups excluding carboxylic acids is 4. The molecule has 10 aromatic rings. The van der Waals surface area contributed by atoms with Gasteiger partial charge in [-0.3, -0.25) is 0 Å². The molecule has 0 amide bonds. The van der Waals surface area contributed by atoms with Gasteiger partial charge in [0.2, 0.25) is 0 Å². The average molecular weight is 1020 g/mol. The van der Waals surface area contributed by atoms with Crippen molar-refractivity contribution in [3.63, 3.8) is 0 Å². The number of aromatic nitrogens is 4. The summed E-state index contributed by atoms with van der Waals surface area (Å²) in [5.74, 6) is -2.74. The SMILES string of the molecule is CC1(C)CC2(CC(C)(C)c3cc4nc5cc(C(=O)OCc6ccccc6)c(C(=O)OCc6ccccc6)cc5nc4cc32)c2cc3nc4cc(C(=O)OCc5ccccc5)c(C(=O)OCc5ccccc5)cc4nc3cc21. The number of nitrogens with zero attached hydrogens (tertiary/aromatic N) is 4. The van der Waals surface area contributed by atoms with Crippen LogP contribution in [-0.4, -0.2) is 43.8 Å². The fourth-order valence-electron chi connectivity index (χ4n) is 11.6. The highest BCUT2D eigenvalue weighted by Crippen LogP contribution is 2.63. The largest absolute Gasteiger partial charge is 0.457 e. The topological polar surface area (TPSA) is 157 Å². The Kier molecular flexibility index (Phi) is 12.2. The number of fused-ring (bicyclic) bond motifs is 8. The fraction of sp³-hybridized carbons (Fsp3) is 0.200. The lowest BCUT2D eigenvalue weighted by molar-refractivity contribution is 0.0425. The van der Waals surface area contributed by atoms with E-state index in [-0.39, 0.29) is 59.5 Å². The maximum absolute atomic E-state index is 14.0. The number of benzene rings is 8. The molecule has 0 aliphatic heterocycles. The molecule has 12 heteroatoms. The predicted molar refractivity (Wildman–Crippen MR) is 292 cm³/mol. The van der Waals surface area contributed by atoms with Gasteiger partial charge in [0.25, 0.3) is 0 Å². The van der Waals surface area contributed by atoms with Crippen molar-refractivity contribution in [1.82, 2.24) is 19.9 Å². The molecule has 2 aliphatic carbocycles. The van der Waals surface area contributed by atoms with E-state index in [0.717, 1.165) is 57.3 Å². The van der Waals surface area contributed by atoms with Crippen LogP contribution in [-0.2, 0) is 61.6 Å². The number of hydrogen-bond acceptors (Lipinski definition) is 12. The van der Waals surface area contributed by atoms with Crippen LogP contribution in [0.25, 0.3) is 44.1 Å². The molecule has 0 N–H and O–H groups in total. The molecule has 0 radical (unpaired) electrons. The van der Waals surface area contributed by atoms with Gasteiger partial charge < -0.3 is 18.9 Å². The van der Waals surface area contributed by atoms with Crippen LogP contribution >= 0.6 is 0 Å². The van der Waals surface area contributed by atoms with Gasteiger partial charge >= 0.3 is 23.9 Å². The number of ether oxygens (including phenoxy) is 4. The molecule has 380 valence electrons. The van der Waals surface area contributed by atoms with Crippen LogP contribution in [0.3, 0.4) is 0 Å². The summed E-state index contributed by atoms with van der Waals surface area (Å²) < 4.78 is 23.1. The monoisotopic (exact) mass is 1020 g/mol. The Labute approximate surface area is 444 Å². The molecule has 1 spiro atoms. The molecule has 77 heavy (non-hydrogen) atoms. The molecular formula is C65H52N4O8. The van der Waals surface area contributed by atoms with Gasteiger partial charge in [-0.15, -0.1) is 0 Å². The number of carbonyl (C=O) groups is 4. The summed E-state index contributed by atoms with van der Waals surface area (Å²) in [5, 5.41) is 0. The molecule has 8 aromatic carbocycles. The summed E-state index contributed by atoms with van der Waals surface area (Å²) in [6.07, 6.45) is 1.57. The van der Waals surface area contributed by atoms with Crippen molar-refractivity contribution in [2.45, 2.75) is 83.2 Å². The third-order valence-corrected chi connectivity index (χ3v) is 15.1. The molecule has 0 unspecified atom stereocenters. The van der Waals surface area contributed by atoms with E-state index in [9.17, 15) is 19.2 Å². The second-order valence-electron chi connectivity index (χ2n) is 21.4. The minimum atomic E-state index is -0.687. The molecule has 0 saturated heterocycles. The van der Waals surface area contributed by atoms with Crippen LogP contribution in [0.15, 0.2) is 170 Å². The number of esters is 4. The van der Waals surface area contributed by atoms with E-state index in [4.69, 9.17) is 38.9 Å². The van der Waals surface area contributed by atoms with Crippen molar-refractivity contribution in [2.24, 2.45) is 0 Å². The Morgan fingerprint density at radius 2 is 0.558 bits per heavy atom. The summed E-state index contributed by atoms with van der Waals surface area (Å²) in [6, 6.07) is 52.3. The van der Waals surface area contributed by atoms with Crippen molar-refractivity contribution in [2.75, 3.05) is 0 Å². The van der Waals surface area contributed by atoms with Crippen LogP contribution in [0.1, 0.15) is 126 Å². The molecule has 0 fully saturated rings. The zero-order valence-electron chi connectivity index (χ0n) is 43.0. The van der Waals surface area contributed by atoms with Crippen LogP contribution < -0.4 is 0 Å². The zero-order valence-corrected chi connectivity index (χ0v) is 43.0. The molecule has 0 saturated carbocycles. The van der Waals surface area contributed by atoms with E-state index >= 15 is 0 Å². The van der Waals surface area contributed by atoms with Crippen molar-refractivity contribution < 1.29 is 38.1 Å². The first-order valence-corrected chi connectivity index (χ1v) is 25.7. The van der Waals surface area contributed by atoms with Crippen LogP contribution in [0, 0.1) is 0 Å². The molecule has 2 heterocycles. The van der Waals surface area contributed by atoms with E-state index in [1.807, 2.05) is 121 Å². The Hall–Kier alpha value is -9.16. The Balaban J connectivity index is 0.940. The van der Waals surface area contributed by atoms with E-state index in [1.165, 1.54) is 0 Å². The van der Waals surface area contributed by atoms with Gasteiger partial charge in [-0.2, -0.15) is 0 Å². The van der Waals surface area contributed by atoms with Crippen LogP contribution in [0.2, 0.25) is 0 Å². The lowest BCUT2D eigenvalue weighted by atomic mass is 9.72. The second kappa shape index (κ2) is 19.2. The fourth-order valence-corrected chi connectivity index (χ4v) is 11.6. The summed E-state index contributed by atoms with van der Waals surface area (Å²) in [4.78, 5) is 76.3. The van der Waals surface area contributed by atoms with Gasteiger partial charge in [-0.1, -0.05) is 149 Å². The van der Waals surface area contributed by atoms with Gasteiger partial charge in [0, 0.05) is 5.41 Å². The molecule has 0 bridgehead atoms. The van der Waals surface area contributed by atoms with Gasteiger partial charge in [0.05, 0.1) is 66.4 Å². The highest BCUT2D eigenvalue weighted by Gasteiger charge is 2.56. The van der Waals surface area contributed by atoms with Crippen LogP contribution in [0.5, 0.6) is 0 Å². The van der Waals surface area contributed by atoms with Gasteiger partial charge in [-0.25, -0.2) is 39.1 Å². The molecule has 12 rings (SSSR count). The molecule has 2 aliphatic rings. The smallest absolute Gasteiger partial charge is 0.339 e. The minimum absolute atomic E-state index is 0.0103. The first-order chi connectivity index (χ1) is 37.2. The molecule has 0 atom stereocenters. The van der Waals surface area contributed by atoms with Gasteiger partial charge in [-0.05, 0) is 117 Å². The summed E-state index contributed by atoms with van der Waals surface area (Å²) in [6.45, 7) is 9.09. The van der Waals surface area contributed by atoms with Crippen molar-refractivity contribution in [3.8, 4) is 0 Å². The standard InChI is InChI=1S/C65H52N4O8/c1-63(2)37-65(49-31-57-55(29-47(49)63)66-51-25-43(59(70)74-33-39-17-9-5-10-18-39)45(27-53(51)68-57)61(72)76-35-41-21-13-7-14-22-41)38-64(3,4)48-30-56-58(32-50(48)65)69-54-28-46(62(73)77-36-42-23-15-8-16-24-42)44(26-52(54)67-56)60(71)75-34-40-19-11-6-12-20-40/h5-32H,33-38H2,1-4H3. The zero-order chi connectivity index (χ0) is 53.1. The van der Waals surface area contributed by atoms with Crippen molar-refractivity contribution >= 4 is 68.0 Å². The third kappa shape index (κ3) is 9.19. The summed E-state index contributed by atoms with van der Waals surface area (Å²) >= 11 is 0. The van der Waals surface area contributed by atoms with E-state index in [0.29, 0.717) is 44.1 Å². The average Bonchev–Trinajstić information content (AvgIpc) is 3.78. The number of rotatable bonds is 12. The third-order valence-electron chi connectivity index (χ3n) is 15.1. The Morgan fingerprint density at radius 1 is 0.338 bits per heavy atom. The first kappa shape index (κ1) is 48.8. The quantitative estimate of drug-likeness (QED) is 0.0649. The predicted octanol–water partition coefficient (Wildman–Crippen LogP) is 13.0. The summed E-state index contributed by atoms with van der Waals surface area (Å²) in [7, 11) is 0. The first-order valence-electron chi connectivity index (χ1n) is 25.7. The number of hydrogen-bond donors (Lipinski definition) is 0. The molecule has 2 aromatic heterocycles. The van der Waals surface area contributed by atoms with Crippen molar-refractivity contribution in [3.05, 3.63) is 237 Å². The van der Waals surface area contributed by atoms with E-state index in [1.54, 1.807) is 24.3 Å². The van der Waals surface area contributed by atoms with E-state index < -0.39 is 29.3 Å². The Bertz CT molecular complexity index is 3750. The minimum Gasteiger partial charge on any atom is -0.457 e.